The predicted molar refractivity (Wildman–Crippen MR) is 70.8 cm³/mol. The van der Waals surface area contributed by atoms with Crippen molar-refractivity contribution < 1.29 is 5.11 Å². The van der Waals surface area contributed by atoms with E-state index in [1.54, 1.807) is 12.1 Å². The van der Waals surface area contributed by atoms with Crippen LogP contribution in [0.15, 0.2) is 42.7 Å². The van der Waals surface area contributed by atoms with Crippen LogP contribution in [0, 0.1) is 5.41 Å². The van der Waals surface area contributed by atoms with Crippen LogP contribution < -0.4 is 11.4 Å². The van der Waals surface area contributed by atoms with Crippen LogP contribution in [-0.2, 0) is 0 Å². The fourth-order valence-electron chi connectivity index (χ4n) is 1.99. The second-order valence-electron chi connectivity index (χ2n) is 4.09. The Balaban J connectivity index is 2.36. The number of nitrogens with one attached hydrogen (secondary N) is 1. The molecule has 6 nitrogen and oxygen atoms in total. The van der Waals surface area contributed by atoms with Gasteiger partial charge in [-0.15, -0.1) is 0 Å². The maximum Gasteiger partial charge on any atom is 0.231 e. The Hall–Kier alpha value is -2.89. The van der Waals surface area contributed by atoms with Crippen molar-refractivity contribution >= 4 is 16.7 Å². The number of aromatic nitrogens is 3. The minimum absolute atomic E-state index is 0.0108. The van der Waals surface area contributed by atoms with Gasteiger partial charge in [-0.05, 0) is 23.6 Å². The number of nitrogen functional groups attached to an aromatic ring is 1. The molecule has 1 aromatic heterocycles. The van der Waals surface area contributed by atoms with E-state index in [9.17, 15) is 5.11 Å². The molecule has 0 saturated heterocycles. The third-order valence-electron chi connectivity index (χ3n) is 2.86. The molecule has 3 rings (SSSR count). The fraction of sp³-hybridized carbons (Fsp3) is 0. The quantitative estimate of drug-likeness (QED) is 0.606. The molecule has 3 aromatic rings. The average Bonchev–Trinajstić information content (AvgIpc) is 2.38. The summed E-state index contributed by atoms with van der Waals surface area (Å²) < 4.78 is 1.51. The third kappa shape index (κ3) is 1.89. The highest BCUT2D eigenvalue weighted by atomic mass is 16.3. The summed E-state index contributed by atoms with van der Waals surface area (Å²) in [4.78, 5) is 7.71. The Bertz CT molecular complexity index is 825. The number of aromatic hydroxyl groups is 1. The van der Waals surface area contributed by atoms with Crippen molar-refractivity contribution in [2.45, 2.75) is 0 Å². The molecule has 4 N–H and O–H groups in total. The molecule has 0 fully saturated rings. The van der Waals surface area contributed by atoms with Gasteiger partial charge in [-0.2, -0.15) is 4.98 Å². The number of anilines is 1. The Morgan fingerprint density at radius 3 is 2.84 bits per heavy atom. The summed E-state index contributed by atoms with van der Waals surface area (Å²) >= 11 is 0. The van der Waals surface area contributed by atoms with Crippen LogP contribution in [0.3, 0.4) is 0 Å². The van der Waals surface area contributed by atoms with Crippen LogP contribution in [0.2, 0.25) is 0 Å². The first-order valence-electron chi connectivity index (χ1n) is 5.63. The summed E-state index contributed by atoms with van der Waals surface area (Å²) in [6, 6.07) is 10.7. The van der Waals surface area contributed by atoms with E-state index in [2.05, 4.69) is 9.97 Å². The van der Waals surface area contributed by atoms with Gasteiger partial charge in [0.1, 0.15) is 12.1 Å². The van der Waals surface area contributed by atoms with Crippen molar-refractivity contribution in [2.75, 3.05) is 5.73 Å². The van der Waals surface area contributed by atoms with Gasteiger partial charge in [-0.3, -0.25) is 9.98 Å². The van der Waals surface area contributed by atoms with Crippen molar-refractivity contribution in [3.05, 3.63) is 48.3 Å². The van der Waals surface area contributed by atoms with Crippen molar-refractivity contribution in [1.29, 1.82) is 5.41 Å². The zero-order chi connectivity index (χ0) is 13.4. The largest absolute Gasteiger partial charge is 0.508 e. The Labute approximate surface area is 108 Å². The molecule has 0 amide bonds. The number of phenolic OH excluding ortho intramolecular Hbond substituents is 1. The van der Waals surface area contributed by atoms with Crippen LogP contribution in [0.25, 0.3) is 16.5 Å². The Kier molecular flexibility index (Phi) is 2.42. The molecule has 2 aromatic carbocycles. The SMILES string of the molecule is N=c1nc(N)ncn1-c1cccc2ccc(O)cc12. The number of nitrogens with two attached hydrogens (primary N) is 1. The van der Waals surface area contributed by atoms with Gasteiger partial charge in [0.2, 0.25) is 11.6 Å². The minimum atomic E-state index is -0.0108. The van der Waals surface area contributed by atoms with Crippen molar-refractivity contribution in [2.24, 2.45) is 0 Å². The number of hydrogen-bond acceptors (Lipinski definition) is 5. The van der Waals surface area contributed by atoms with Gasteiger partial charge < -0.3 is 10.8 Å². The number of benzene rings is 2. The Morgan fingerprint density at radius 1 is 1.21 bits per heavy atom. The molecule has 19 heavy (non-hydrogen) atoms. The lowest BCUT2D eigenvalue weighted by atomic mass is 10.1. The number of phenols is 1. The highest BCUT2D eigenvalue weighted by Gasteiger charge is 2.05. The summed E-state index contributed by atoms with van der Waals surface area (Å²) in [6.07, 6.45) is 1.45. The van der Waals surface area contributed by atoms with Gasteiger partial charge in [0.15, 0.2) is 0 Å². The molecule has 1 heterocycles. The molecule has 0 spiro atoms. The molecule has 0 unspecified atom stereocenters. The van der Waals surface area contributed by atoms with E-state index < -0.39 is 0 Å². The van der Waals surface area contributed by atoms with Crippen LogP contribution in [0.5, 0.6) is 5.75 Å². The maximum atomic E-state index is 9.61. The topological polar surface area (TPSA) is 101 Å². The Morgan fingerprint density at radius 2 is 2.05 bits per heavy atom. The number of hydrogen-bond donors (Lipinski definition) is 3. The second-order valence-corrected chi connectivity index (χ2v) is 4.09. The summed E-state index contributed by atoms with van der Waals surface area (Å²) in [6.45, 7) is 0. The summed E-state index contributed by atoms with van der Waals surface area (Å²) in [5.74, 6) is 0.229. The summed E-state index contributed by atoms with van der Waals surface area (Å²) in [7, 11) is 0. The van der Waals surface area contributed by atoms with Crippen LogP contribution >= 0.6 is 0 Å². The summed E-state index contributed by atoms with van der Waals surface area (Å²) in [5.41, 5.74) is 6.16. The molecule has 0 aliphatic heterocycles. The highest BCUT2D eigenvalue weighted by molar-refractivity contribution is 5.91. The normalized spacial score (nSPS) is 10.7. The molecule has 0 radical (unpaired) electrons. The van der Waals surface area contributed by atoms with Crippen LogP contribution in [-0.4, -0.2) is 19.6 Å². The van der Waals surface area contributed by atoms with Gasteiger partial charge >= 0.3 is 0 Å². The maximum absolute atomic E-state index is 9.61. The monoisotopic (exact) mass is 253 g/mol. The smallest absolute Gasteiger partial charge is 0.231 e. The molecule has 6 heteroatoms. The fourth-order valence-corrected chi connectivity index (χ4v) is 1.99. The van der Waals surface area contributed by atoms with E-state index in [1.807, 2.05) is 24.3 Å². The minimum Gasteiger partial charge on any atom is -0.508 e. The van der Waals surface area contributed by atoms with Crippen molar-refractivity contribution in [3.63, 3.8) is 0 Å². The number of fused-ring (bicyclic) bond motifs is 1. The molecule has 0 aliphatic rings. The first-order valence-corrected chi connectivity index (χ1v) is 5.63. The van der Waals surface area contributed by atoms with Gasteiger partial charge in [-0.25, -0.2) is 4.98 Å². The van der Waals surface area contributed by atoms with E-state index in [0.29, 0.717) is 0 Å². The predicted octanol–water partition coefficient (Wildman–Crippen LogP) is 1.19. The van der Waals surface area contributed by atoms with Gasteiger partial charge in [0.25, 0.3) is 0 Å². The number of rotatable bonds is 1. The molecule has 0 bridgehead atoms. The van der Waals surface area contributed by atoms with Gasteiger partial charge in [0.05, 0.1) is 5.69 Å². The lowest BCUT2D eigenvalue weighted by molar-refractivity contribution is 0.476. The van der Waals surface area contributed by atoms with E-state index in [0.717, 1.165) is 16.5 Å². The lowest BCUT2D eigenvalue weighted by Crippen LogP contribution is -2.23. The zero-order valence-electron chi connectivity index (χ0n) is 9.91. The van der Waals surface area contributed by atoms with E-state index in [-0.39, 0.29) is 17.3 Å². The standard InChI is InChI=1S/C13H11N5O/c14-12-16-7-18(13(15)17-12)11-3-1-2-8-4-5-9(19)6-10(8)11/h1-7,19H,(H3,14,15,17). The molecule has 0 atom stereocenters. The first-order chi connectivity index (χ1) is 9.15. The van der Waals surface area contributed by atoms with Crippen LogP contribution in [0.1, 0.15) is 0 Å². The molecule has 0 saturated carbocycles. The zero-order valence-corrected chi connectivity index (χ0v) is 9.91. The first kappa shape index (κ1) is 11.2. The third-order valence-corrected chi connectivity index (χ3v) is 2.86. The van der Waals surface area contributed by atoms with Crippen molar-refractivity contribution in [1.82, 2.24) is 14.5 Å². The highest BCUT2D eigenvalue weighted by Crippen LogP contribution is 2.25. The molecule has 0 aliphatic carbocycles. The van der Waals surface area contributed by atoms with E-state index in [4.69, 9.17) is 11.1 Å². The second kappa shape index (κ2) is 4.09. The van der Waals surface area contributed by atoms with Crippen LogP contribution in [0.4, 0.5) is 5.95 Å². The summed E-state index contributed by atoms with van der Waals surface area (Å²) in [5, 5.41) is 19.2. The molecular weight excluding hydrogens is 242 g/mol. The average molecular weight is 253 g/mol. The number of nitrogens with zero attached hydrogens (tertiary/aromatic N) is 3. The van der Waals surface area contributed by atoms with E-state index in [1.165, 1.54) is 10.9 Å². The van der Waals surface area contributed by atoms with Crippen molar-refractivity contribution in [3.8, 4) is 11.4 Å². The van der Waals surface area contributed by atoms with E-state index >= 15 is 0 Å². The molecule has 94 valence electrons. The lowest BCUT2D eigenvalue weighted by Gasteiger charge is -2.09. The molecular formula is C13H11N5O. The van der Waals surface area contributed by atoms with Gasteiger partial charge in [-0.1, -0.05) is 18.2 Å². The van der Waals surface area contributed by atoms with Gasteiger partial charge in [0, 0.05) is 5.39 Å².